The lowest BCUT2D eigenvalue weighted by Crippen LogP contribution is -2.45. The highest BCUT2D eigenvalue weighted by Gasteiger charge is 2.33. The van der Waals surface area contributed by atoms with Crippen LogP contribution in [0.5, 0.6) is 0 Å². The molecular weight excluding hydrogens is 528 g/mol. The molecule has 1 aliphatic carbocycles. The van der Waals surface area contributed by atoms with Crippen molar-refractivity contribution in [1.82, 2.24) is 9.80 Å². The van der Waals surface area contributed by atoms with Gasteiger partial charge in [-0.15, -0.1) is 0 Å². The maximum atomic E-state index is 12.9. The van der Waals surface area contributed by atoms with Crippen LogP contribution in [0, 0.1) is 11.8 Å². The molecule has 3 aromatic rings. The Labute approximate surface area is 247 Å². The predicted molar refractivity (Wildman–Crippen MR) is 163 cm³/mol. The zero-order valence-electron chi connectivity index (χ0n) is 24.1. The molecule has 0 unspecified atom stereocenters. The minimum Gasteiger partial charge on any atom is -0.342 e. The van der Waals surface area contributed by atoms with Gasteiger partial charge in [-0.25, -0.2) is 0 Å². The van der Waals surface area contributed by atoms with E-state index in [-0.39, 0.29) is 41.9 Å². The quantitative estimate of drug-likeness (QED) is 0.376. The van der Waals surface area contributed by atoms with Crippen LogP contribution >= 0.6 is 0 Å². The van der Waals surface area contributed by atoms with Gasteiger partial charge in [0.1, 0.15) is 0 Å². The van der Waals surface area contributed by atoms with Gasteiger partial charge < -0.3 is 20.4 Å². The third kappa shape index (κ3) is 7.43. The summed E-state index contributed by atoms with van der Waals surface area (Å²) < 4.78 is 0. The molecule has 1 heterocycles. The van der Waals surface area contributed by atoms with Gasteiger partial charge in [-0.1, -0.05) is 48.9 Å². The molecule has 2 N–H and O–H groups in total. The van der Waals surface area contributed by atoms with Crippen molar-refractivity contribution in [3.8, 4) is 0 Å². The first-order valence-corrected chi connectivity index (χ1v) is 14.7. The largest absolute Gasteiger partial charge is 0.342 e. The summed E-state index contributed by atoms with van der Waals surface area (Å²) in [7, 11) is 1.77. The van der Waals surface area contributed by atoms with Gasteiger partial charge in [0.2, 0.25) is 17.7 Å². The van der Waals surface area contributed by atoms with E-state index >= 15 is 0 Å². The Kier molecular flexibility index (Phi) is 9.31. The van der Waals surface area contributed by atoms with E-state index in [9.17, 15) is 19.2 Å². The molecule has 218 valence electrons. The van der Waals surface area contributed by atoms with Crippen molar-refractivity contribution in [3.05, 3.63) is 95.6 Å². The molecule has 0 bridgehead atoms. The lowest BCUT2D eigenvalue weighted by molar-refractivity contribution is -0.140. The molecule has 2 fully saturated rings. The molecule has 8 nitrogen and oxygen atoms in total. The summed E-state index contributed by atoms with van der Waals surface area (Å²) in [4.78, 5) is 54.5. The minimum absolute atomic E-state index is 0.0450. The van der Waals surface area contributed by atoms with Gasteiger partial charge in [-0.05, 0) is 73.2 Å². The van der Waals surface area contributed by atoms with Crippen molar-refractivity contribution in [2.24, 2.45) is 11.8 Å². The fourth-order valence-electron chi connectivity index (χ4n) is 5.52. The fraction of sp³-hybridized carbons (Fsp3) is 0.353. The Morgan fingerprint density at radius 2 is 1.45 bits per heavy atom. The van der Waals surface area contributed by atoms with Crippen molar-refractivity contribution in [1.29, 1.82) is 0 Å². The van der Waals surface area contributed by atoms with Crippen molar-refractivity contribution < 1.29 is 19.2 Å². The highest BCUT2D eigenvalue weighted by Crippen LogP contribution is 2.30. The zero-order valence-corrected chi connectivity index (χ0v) is 24.1. The van der Waals surface area contributed by atoms with Crippen molar-refractivity contribution >= 4 is 35.0 Å². The smallest absolute Gasteiger partial charge is 0.253 e. The van der Waals surface area contributed by atoms with Crippen LogP contribution in [-0.4, -0.2) is 53.6 Å². The molecule has 0 aromatic heterocycles. The summed E-state index contributed by atoms with van der Waals surface area (Å²) in [6, 6.07) is 24.0. The van der Waals surface area contributed by atoms with E-state index < -0.39 is 0 Å². The summed E-state index contributed by atoms with van der Waals surface area (Å²) in [5.41, 5.74) is 3.64. The number of likely N-dealkylation sites (tertiary alicyclic amines) is 1. The maximum absolute atomic E-state index is 12.9. The van der Waals surface area contributed by atoms with Gasteiger partial charge in [0.15, 0.2) is 0 Å². The number of carbonyl (C=O) groups excluding carboxylic acids is 4. The van der Waals surface area contributed by atoms with Gasteiger partial charge in [0, 0.05) is 55.5 Å². The Hall–Kier alpha value is -4.46. The molecule has 2 aliphatic rings. The average Bonchev–Trinajstić information content (AvgIpc) is 2.97. The maximum Gasteiger partial charge on any atom is 0.253 e. The van der Waals surface area contributed by atoms with Gasteiger partial charge >= 0.3 is 0 Å². The van der Waals surface area contributed by atoms with Gasteiger partial charge in [-0.2, -0.15) is 0 Å². The zero-order chi connectivity index (χ0) is 29.5. The first-order chi connectivity index (χ1) is 20.4. The van der Waals surface area contributed by atoms with E-state index in [1.807, 2.05) is 59.5 Å². The van der Waals surface area contributed by atoms with Crippen LogP contribution in [0.1, 0.15) is 53.6 Å². The van der Waals surface area contributed by atoms with Crippen LogP contribution in [0.25, 0.3) is 0 Å². The summed E-state index contributed by atoms with van der Waals surface area (Å²) in [5, 5.41) is 5.88. The topological polar surface area (TPSA) is 98.8 Å². The Morgan fingerprint density at radius 3 is 2.12 bits per heavy atom. The molecule has 1 saturated carbocycles. The summed E-state index contributed by atoms with van der Waals surface area (Å²) in [6.45, 7) is 1.78. The fourth-order valence-corrected chi connectivity index (χ4v) is 5.52. The number of benzene rings is 3. The highest BCUT2D eigenvalue weighted by molar-refractivity contribution is 5.96. The number of hydrogen-bond donors (Lipinski definition) is 2. The summed E-state index contributed by atoms with van der Waals surface area (Å²) in [6.07, 6.45) is 4.60. The third-order valence-electron chi connectivity index (χ3n) is 8.22. The second kappa shape index (κ2) is 13.5. The molecular formula is C34H38N4O4. The highest BCUT2D eigenvalue weighted by atomic mass is 16.2. The standard InChI is InChI=1S/C34H38N4O4/c1-37(23-24-7-3-2-4-8-24)33(41)28-13-15-29(16-14-28)35-31(39)22-25-9-5-12-30(21-25)36-32(40)26-17-19-38(20-18-26)34(42)27-10-6-11-27/h2-5,7-9,12-16,21,26-27H,6,10-11,17-20,22-23H2,1H3,(H,35,39)(H,36,40). The molecule has 0 radical (unpaired) electrons. The summed E-state index contributed by atoms with van der Waals surface area (Å²) >= 11 is 0. The minimum atomic E-state index is -0.192. The Balaban J connectivity index is 1.08. The second-order valence-electron chi connectivity index (χ2n) is 11.4. The first-order valence-electron chi connectivity index (χ1n) is 14.7. The Morgan fingerprint density at radius 1 is 0.762 bits per heavy atom. The lowest BCUT2D eigenvalue weighted by atomic mass is 9.83. The molecule has 1 saturated heterocycles. The predicted octanol–water partition coefficient (Wildman–Crippen LogP) is 5.12. The number of anilines is 2. The van der Waals surface area contributed by atoms with Gasteiger partial charge in [0.05, 0.1) is 6.42 Å². The normalized spacial score (nSPS) is 15.4. The summed E-state index contributed by atoms with van der Waals surface area (Å²) in [5.74, 6) is -0.0182. The van der Waals surface area contributed by atoms with Crippen LogP contribution in [0.4, 0.5) is 11.4 Å². The number of hydrogen-bond acceptors (Lipinski definition) is 4. The molecule has 0 spiro atoms. The van der Waals surface area contributed by atoms with E-state index in [0.717, 1.165) is 30.4 Å². The number of amides is 4. The van der Waals surface area contributed by atoms with Crippen molar-refractivity contribution in [2.75, 3.05) is 30.8 Å². The number of nitrogens with one attached hydrogen (secondary N) is 2. The monoisotopic (exact) mass is 566 g/mol. The van der Waals surface area contributed by atoms with E-state index in [4.69, 9.17) is 0 Å². The number of rotatable bonds is 9. The molecule has 4 amide bonds. The molecule has 1 aliphatic heterocycles. The van der Waals surface area contributed by atoms with E-state index in [1.54, 1.807) is 36.2 Å². The van der Waals surface area contributed by atoms with Gasteiger partial charge in [-0.3, -0.25) is 19.2 Å². The lowest BCUT2D eigenvalue weighted by Gasteiger charge is -2.36. The van der Waals surface area contributed by atoms with Crippen molar-refractivity contribution in [2.45, 2.75) is 45.1 Å². The van der Waals surface area contributed by atoms with E-state index in [1.165, 1.54) is 0 Å². The second-order valence-corrected chi connectivity index (χ2v) is 11.4. The van der Waals surface area contributed by atoms with Crippen LogP contribution < -0.4 is 10.6 Å². The molecule has 42 heavy (non-hydrogen) atoms. The Bertz CT molecular complexity index is 1410. The van der Waals surface area contributed by atoms with Crippen molar-refractivity contribution in [3.63, 3.8) is 0 Å². The molecule has 8 heteroatoms. The molecule has 3 aromatic carbocycles. The number of nitrogens with zero attached hydrogens (tertiary/aromatic N) is 2. The molecule has 5 rings (SSSR count). The van der Waals surface area contributed by atoms with E-state index in [0.29, 0.717) is 49.4 Å². The van der Waals surface area contributed by atoms with Crippen LogP contribution in [0.15, 0.2) is 78.9 Å². The third-order valence-corrected chi connectivity index (χ3v) is 8.22. The average molecular weight is 567 g/mol. The number of piperidine rings is 1. The van der Waals surface area contributed by atoms with Crippen LogP contribution in [0.3, 0.4) is 0 Å². The van der Waals surface area contributed by atoms with Crippen LogP contribution in [0.2, 0.25) is 0 Å². The SMILES string of the molecule is CN(Cc1ccccc1)C(=O)c1ccc(NC(=O)Cc2cccc(NC(=O)C3CCN(C(=O)C4CCC4)CC3)c2)cc1. The van der Waals surface area contributed by atoms with Crippen LogP contribution in [-0.2, 0) is 27.3 Å². The number of carbonyl (C=O) groups is 4. The first kappa shape index (κ1) is 29.0. The van der Waals surface area contributed by atoms with Gasteiger partial charge in [0.25, 0.3) is 5.91 Å². The molecule has 0 atom stereocenters. The van der Waals surface area contributed by atoms with E-state index in [2.05, 4.69) is 10.6 Å².